The van der Waals surface area contributed by atoms with E-state index in [1.54, 1.807) is 6.07 Å². The van der Waals surface area contributed by atoms with Gasteiger partial charge in [0.2, 0.25) is 5.91 Å². The van der Waals surface area contributed by atoms with Crippen LogP contribution in [0.15, 0.2) is 78.9 Å². The van der Waals surface area contributed by atoms with E-state index in [0.717, 1.165) is 62.5 Å². The van der Waals surface area contributed by atoms with Gasteiger partial charge in [-0.05, 0) is 79.3 Å². The Morgan fingerprint density at radius 2 is 1.49 bits per heavy atom. The van der Waals surface area contributed by atoms with Crippen molar-refractivity contribution in [3.05, 3.63) is 101 Å². The number of rotatable bonds is 4. The van der Waals surface area contributed by atoms with Crippen LogP contribution in [0, 0.1) is 23.7 Å². The van der Waals surface area contributed by atoms with E-state index in [1.165, 1.54) is 0 Å². The van der Waals surface area contributed by atoms with Crippen LogP contribution >= 0.6 is 0 Å². The second-order valence-corrected chi connectivity index (χ2v) is 14.6. The Hall–Kier alpha value is -4.45. The van der Waals surface area contributed by atoms with Gasteiger partial charge in [-0.3, -0.25) is 19.3 Å². The number of benzene rings is 3. The van der Waals surface area contributed by atoms with Crippen LogP contribution in [-0.2, 0) is 24.5 Å². The molecule has 252 valence electrons. The number of ether oxygens (including phenoxy) is 1. The van der Waals surface area contributed by atoms with Gasteiger partial charge in [0.15, 0.2) is 0 Å². The fraction of sp³-hybridized carbons (Fsp3) is 0.439. The van der Waals surface area contributed by atoms with E-state index in [9.17, 15) is 24.6 Å². The Balaban J connectivity index is 1.35. The number of nitrogens with one attached hydrogen (secondary N) is 1. The molecule has 6 atom stereocenters. The van der Waals surface area contributed by atoms with Crippen LogP contribution in [0.2, 0.25) is 0 Å². The van der Waals surface area contributed by atoms with Gasteiger partial charge in [-0.2, -0.15) is 0 Å². The number of carbonyl (C=O) groups excluding carboxylic acids is 2. The van der Waals surface area contributed by atoms with Crippen molar-refractivity contribution in [3.63, 3.8) is 0 Å². The largest absolute Gasteiger partial charge is 0.481 e. The van der Waals surface area contributed by atoms with Gasteiger partial charge in [0.25, 0.3) is 0 Å². The molecule has 3 N–H and O–H groups in total. The van der Waals surface area contributed by atoms with Crippen molar-refractivity contribution >= 4 is 23.5 Å². The lowest BCUT2D eigenvalue weighted by Crippen LogP contribution is -2.56. The average molecular weight is 659 g/mol. The van der Waals surface area contributed by atoms with Crippen LogP contribution in [0.4, 0.5) is 5.69 Å². The number of aliphatic hydroxyl groups is 1. The molecule has 3 aromatic rings. The number of nitrogens with zero attached hydrogens (tertiary/aromatic N) is 1. The van der Waals surface area contributed by atoms with Gasteiger partial charge in [0.1, 0.15) is 29.1 Å². The molecule has 2 saturated carbocycles. The zero-order chi connectivity index (χ0) is 33.8. The summed E-state index contributed by atoms with van der Waals surface area (Å²) >= 11 is 0. The van der Waals surface area contributed by atoms with E-state index in [-0.39, 0.29) is 5.92 Å². The SMILES string of the molecule is O=C1O[C@H](c2ccccc2)[C@H](c2ccccc2)N2[C@H]1[C@@H](C(=O)O)[C@]1(C(=O)Nc3ccc(C#CC4(O)CCCCC4)cc31)[C@H]2C1CCCCC1. The lowest BCUT2D eigenvalue weighted by Gasteiger charge is -2.48. The normalized spacial score (nSPS) is 30.8. The molecule has 1 amide bonds. The van der Waals surface area contributed by atoms with E-state index < -0.39 is 59.0 Å². The molecule has 8 nitrogen and oxygen atoms in total. The number of amides is 1. The molecular weight excluding hydrogens is 616 g/mol. The molecule has 8 heteroatoms. The number of carboxylic acid groups (broad SMARTS) is 1. The van der Waals surface area contributed by atoms with Gasteiger partial charge in [-0.15, -0.1) is 0 Å². The topological polar surface area (TPSA) is 116 Å². The summed E-state index contributed by atoms with van der Waals surface area (Å²) in [5.41, 5.74) is 0.781. The number of cyclic esters (lactones) is 1. The molecule has 8 rings (SSSR count). The molecule has 49 heavy (non-hydrogen) atoms. The summed E-state index contributed by atoms with van der Waals surface area (Å²) in [6, 6.07) is 22.6. The Morgan fingerprint density at radius 1 is 0.837 bits per heavy atom. The second-order valence-electron chi connectivity index (χ2n) is 14.6. The summed E-state index contributed by atoms with van der Waals surface area (Å²) in [5, 5.41) is 25.4. The Morgan fingerprint density at radius 3 is 2.16 bits per heavy atom. The number of anilines is 1. The minimum atomic E-state index is -1.58. The molecule has 2 aliphatic carbocycles. The van der Waals surface area contributed by atoms with Crippen molar-refractivity contribution < 1.29 is 29.3 Å². The summed E-state index contributed by atoms with van der Waals surface area (Å²) in [7, 11) is 0. The number of carbonyl (C=O) groups is 3. The predicted molar refractivity (Wildman–Crippen MR) is 183 cm³/mol. The van der Waals surface area contributed by atoms with Crippen molar-refractivity contribution in [1.82, 2.24) is 4.90 Å². The van der Waals surface area contributed by atoms with Crippen LogP contribution in [0.3, 0.4) is 0 Å². The number of hydrogen-bond donors (Lipinski definition) is 3. The van der Waals surface area contributed by atoms with Crippen molar-refractivity contribution in [1.29, 1.82) is 0 Å². The van der Waals surface area contributed by atoms with Crippen molar-refractivity contribution in [2.75, 3.05) is 5.32 Å². The highest BCUT2D eigenvalue weighted by Crippen LogP contribution is 2.62. The molecule has 0 aromatic heterocycles. The molecule has 3 aliphatic heterocycles. The summed E-state index contributed by atoms with van der Waals surface area (Å²) in [6.45, 7) is 0. The molecule has 3 heterocycles. The highest BCUT2D eigenvalue weighted by Gasteiger charge is 2.75. The first-order chi connectivity index (χ1) is 23.8. The number of aliphatic carboxylic acids is 1. The van der Waals surface area contributed by atoms with Gasteiger partial charge in [-0.1, -0.05) is 98.2 Å². The first kappa shape index (κ1) is 31.8. The molecule has 1 spiro atoms. The Kier molecular flexibility index (Phi) is 8.08. The van der Waals surface area contributed by atoms with E-state index in [4.69, 9.17) is 4.74 Å². The maximum absolute atomic E-state index is 14.8. The van der Waals surface area contributed by atoms with E-state index in [2.05, 4.69) is 22.1 Å². The van der Waals surface area contributed by atoms with Crippen LogP contribution < -0.4 is 5.32 Å². The van der Waals surface area contributed by atoms with Gasteiger partial charge >= 0.3 is 11.9 Å². The lowest BCUT2D eigenvalue weighted by atomic mass is 9.62. The quantitative estimate of drug-likeness (QED) is 0.223. The number of carboxylic acids is 1. The van der Waals surface area contributed by atoms with Crippen molar-refractivity contribution in [2.24, 2.45) is 11.8 Å². The van der Waals surface area contributed by atoms with Gasteiger partial charge in [-0.25, -0.2) is 0 Å². The van der Waals surface area contributed by atoms with Crippen LogP contribution in [-0.4, -0.2) is 50.6 Å². The van der Waals surface area contributed by atoms with Gasteiger partial charge < -0.3 is 20.3 Å². The van der Waals surface area contributed by atoms with Gasteiger partial charge in [0.05, 0.1) is 6.04 Å². The molecule has 4 fully saturated rings. The smallest absolute Gasteiger partial charge is 0.325 e. The number of hydrogen-bond acceptors (Lipinski definition) is 6. The standard InChI is InChI=1S/C41H42N2O6/c44-37(45)32-34-38(46)49-35(28-15-7-2-8-16-28)33(27-13-5-1-6-14-27)43(34)36(29-17-9-3-10-18-29)41(32)30-25-26(19-20-31(30)42-39(41)47)21-24-40(48)22-11-4-12-23-40/h1-2,5-8,13-16,19-20,25,29,32-36,48H,3-4,9-12,17-18,22-23H2,(H,42,47)(H,44,45)/t32-,33-,34-,35+,36+,41-/m0/s1. The van der Waals surface area contributed by atoms with Crippen LogP contribution in [0.25, 0.3) is 0 Å². The highest BCUT2D eigenvalue weighted by molar-refractivity contribution is 6.11. The second kappa shape index (κ2) is 12.5. The molecule has 5 aliphatic rings. The number of esters is 1. The third kappa shape index (κ3) is 5.17. The predicted octanol–water partition coefficient (Wildman–Crippen LogP) is 6.30. The fourth-order valence-corrected chi connectivity index (χ4v) is 9.79. The van der Waals surface area contributed by atoms with Crippen LogP contribution in [0.1, 0.15) is 98.6 Å². The number of fused-ring (bicyclic) bond motifs is 3. The maximum atomic E-state index is 14.8. The summed E-state index contributed by atoms with van der Waals surface area (Å²) in [5.74, 6) is 2.64. The molecule has 3 aromatic carbocycles. The minimum absolute atomic E-state index is 0.0384. The minimum Gasteiger partial charge on any atom is -0.481 e. The maximum Gasteiger partial charge on any atom is 0.325 e. The summed E-state index contributed by atoms with van der Waals surface area (Å²) in [4.78, 5) is 45.0. The zero-order valence-electron chi connectivity index (χ0n) is 27.5. The first-order valence-corrected chi connectivity index (χ1v) is 17.8. The van der Waals surface area contributed by atoms with Crippen LogP contribution in [0.5, 0.6) is 0 Å². The van der Waals surface area contributed by atoms with Crippen molar-refractivity contribution in [2.45, 2.75) is 99.5 Å². The summed E-state index contributed by atoms with van der Waals surface area (Å²) in [6.07, 6.45) is 8.08. The third-order valence-corrected chi connectivity index (χ3v) is 11.8. The molecule has 0 radical (unpaired) electrons. The van der Waals surface area contributed by atoms with E-state index in [1.807, 2.05) is 72.8 Å². The fourth-order valence-electron chi connectivity index (χ4n) is 9.79. The molecule has 0 unspecified atom stereocenters. The molecule has 0 bridgehead atoms. The van der Waals surface area contributed by atoms with Crippen molar-refractivity contribution in [3.8, 4) is 11.8 Å². The lowest BCUT2D eigenvalue weighted by molar-refractivity contribution is -0.180. The van der Waals surface area contributed by atoms with Gasteiger partial charge in [0, 0.05) is 17.3 Å². The number of morpholine rings is 1. The van der Waals surface area contributed by atoms with E-state index >= 15 is 0 Å². The van der Waals surface area contributed by atoms with E-state index in [0.29, 0.717) is 29.7 Å². The molecular formula is C41H42N2O6. The first-order valence-electron chi connectivity index (χ1n) is 17.8. The average Bonchev–Trinajstić information content (AvgIpc) is 3.61. The monoisotopic (exact) mass is 658 g/mol. The summed E-state index contributed by atoms with van der Waals surface area (Å²) < 4.78 is 6.31. The Labute approximate surface area is 286 Å². The molecule has 2 saturated heterocycles. The zero-order valence-corrected chi connectivity index (χ0v) is 27.5. The third-order valence-electron chi connectivity index (χ3n) is 11.8. The highest BCUT2D eigenvalue weighted by atomic mass is 16.6. The Bertz CT molecular complexity index is 1820.